The number of hydrogen-bond acceptors (Lipinski definition) is 5. The minimum absolute atomic E-state index is 0.0801. The summed E-state index contributed by atoms with van der Waals surface area (Å²) in [5.74, 6) is 1.05. The summed E-state index contributed by atoms with van der Waals surface area (Å²) in [5, 5.41) is 0. The lowest BCUT2D eigenvalue weighted by atomic mass is 10.0. The Morgan fingerprint density at radius 1 is 1.21 bits per heavy atom. The third kappa shape index (κ3) is 2.69. The lowest BCUT2D eigenvalue weighted by Gasteiger charge is -2.35. The molecule has 0 radical (unpaired) electrons. The molecule has 1 N–H and O–H groups in total. The fourth-order valence-electron chi connectivity index (χ4n) is 3.06. The fourth-order valence-corrected chi connectivity index (χ4v) is 3.06. The Bertz CT molecular complexity index is 757. The maximum Gasteiger partial charge on any atom is 0.289 e. The van der Waals surface area contributed by atoms with Gasteiger partial charge in [-0.15, -0.1) is 0 Å². The Morgan fingerprint density at radius 3 is 2.62 bits per heavy atom. The Balaban J connectivity index is 1.45. The highest BCUT2D eigenvalue weighted by Gasteiger charge is 2.41. The van der Waals surface area contributed by atoms with Crippen molar-refractivity contribution in [2.75, 3.05) is 13.1 Å². The van der Waals surface area contributed by atoms with Crippen molar-refractivity contribution in [1.82, 2.24) is 10.4 Å². The summed E-state index contributed by atoms with van der Waals surface area (Å²) < 4.78 is 5.19. The topological polar surface area (TPSA) is 67.1 Å². The molecule has 0 saturated carbocycles. The lowest BCUT2D eigenvalue weighted by molar-refractivity contribution is -0.0851. The van der Waals surface area contributed by atoms with Crippen LogP contribution in [0.25, 0.3) is 0 Å². The number of aliphatic imine (C=N–C) groups is 1. The smallest absolute Gasteiger partial charge is 0.289 e. The van der Waals surface area contributed by atoms with Crippen molar-refractivity contribution in [3.05, 3.63) is 59.5 Å². The van der Waals surface area contributed by atoms with Gasteiger partial charge >= 0.3 is 0 Å². The number of furan rings is 1. The van der Waals surface area contributed by atoms with E-state index in [9.17, 15) is 4.79 Å². The van der Waals surface area contributed by atoms with E-state index < -0.39 is 5.72 Å². The molecule has 1 saturated heterocycles. The first-order chi connectivity index (χ1) is 11.7. The van der Waals surface area contributed by atoms with Gasteiger partial charge in [0, 0.05) is 31.5 Å². The maximum absolute atomic E-state index is 12.3. The molecule has 2 aromatic rings. The number of likely N-dealkylation sites (tertiary alicyclic amines) is 1. The number of amides is 1. The number of piperidine rings is 1. The van der Waals surface area contributed by atoms with Gasteiger partial charge in [0.2, 0.25) is 0 Å². The van der Waals surface area contributed by atoms with Crippen LogP contribution >= 0.6 is 0 Å². The monoisotopic (exact) mass is 325 g/mol. The van der Waals surface area contributed by atoms with Crippen molar-refractivity contribution in [2.24, 2.45) is 4.99 Å². The number of hydrogen-bond donors (Lipinski definition) is 1. The summed E-state index contributed by atoms with van der Waals surface area (Å²) in [6, 6.07) is 11.6. The van der Waals surface area contributed by atoms with Crippen LogP contribution in [0.4, 0.5) is 0 Å². The molecule has 24 heavy (non-hydrogen) atoms. The molecule has 124 valence electrons. The third-order valence-electron chi connectivity index (χ3n) is 4.54. The van der Waals surface area contributed by atoms with Crippen molar-refractivity contribution in [1.29, 1.82) is 0 Å². The minimum Gasteiger partial charge on any atom is -0.459 e. The van der Waals surface area contributed by atoms with Gasteiger partial charge in [-0.05, 0) is 19.1 Å². The fraction of sp³-hybridized carbons (Fsp3) is 0.333. The molecule has 1 spiro atoms. The molecule has 3 heterocycles. The van der Waals surface area contributed by atoms with E-state index >= 15 is 0 Å². The summed E-state index contributed by atoms with van der Waals surface area (Å²) in [7, 11) is 0. The van der Waals surface area contributed by atoms with Crippen LogP contribution in [-0.4, -0.2) is 35.5 Å². The number of hydroxylamine groups is 1. The van der Waals surface area contributed by atoms with E-state index in [-0.39, 0.29) is 5.91 Å². The van der Waals surface area contributed by atoms with E-state index in [1.165, 1.54) is 11.8 Å². The van der Waals surface area contributed by atoms with Gasteiger partial charge in [0.15, 0.2) is 17.3 Å². The average Bonchev–Trinajstić information content (AvgIpc) is 3.26. The van der Waals surface area contributed by atoms with Gasteiger partial charge in [0.25, 0.3) is 5.91 Å². The first kappa shape index (κ1) is 15.0. The summed E-state index contributed by atoms with van der Waals surface area (Å²) in [5.41, 5.74) is 4.58. The van der Waals surface area contributed by atoms with Crippen molar-refractivity contribution < 1.29 is 14.0 Å². The number of nitrogens with one attached hydrogen (secondary N) is 1. The molecule has 1 fully saturated rings. The van der Waals surface area contributed by atoms with Crippen LogP contribution < -0.4 is 5.48 Å². The van der Waals surface area contributed by atoms with Gasteiger partial charge in [-0.3, -0.25) is 4.79 Å². The number of carbonyl (C=O) groups is 1. The van der Waals surface area contributed by atoms with E-state index in [4.69, 9.17) is 14.2 Å². The Morgan fingerprint density at radius 2 is 1.96 bits per heavy atom. The zero-order valence-electron chi connectivity index (χ0n) is 13.5. The molecular formula is C18H19N3O3. The number of rotatable bonds is 2. The third-order valence-corrected chi connectivity index (χ3v) is 4.54. The number of amidine groups is 1. The molecule has 2 aliphatic rings. The maximum atomic E-state index is 12.3. The van der Waals surface area contributed by atoms with Crippen LogP contribution in [-0.2, 0) is 4.84 Å². The van der Waals surface area contributed by atoms with Gasteiger partial charge in [0.1, 0.15) is 0 Å². The van der Waals surface area contributed by atoms with E-state index in [1.807, 2.05) is 12.1 Å². The van der Waals surface area contributed by atoms with Crippen molar-refractivity contribution in [3.8, 4) is 0 Å². The second kappa shape index (κ2) is 5.79. The second-order valence-corrected chi connectivity index (χ2v) is 6.25. The highest BCUT2D eigenvalue weighted by atomic mass is 16.7. The predicted octanol–water partition coefficient (Wildman–Crippen LogP) is 2.50. The highest BCUT2D eigenvalue weighted by Crippen LogP contribution is 2.31. The average molecular weight is 325 g/mol. The molecule has 2 aliphatic heterocycles. The quantitative estimate of drug-likeness (QED) is 0.921. The Labute approximate surface area is 140 Å². The van der Waals surface area contributed by atoms with Gasteiger partial charge in [-0.1, -0.05) is 29.8 Å². The van der Waals surface area contributed by atoms with E-state index in [0.29, 0.717) is 31.7 Å². The summed E-state index contributed by atoms with van der Waals surface area (Å²) >= 11 is 0. The van der Waals surface area contributed by atoms with E-state index in [2.05, 4.69) is 24.5 Å². The zero-order chi connectivity index (χ0) is 16.6. The first-order valence-corrected chi connectivity index (χ1v) is 8.09. The Hall–Kier alpha value is -2.60. The minimum atomic E-state index is -0.583. The summed E-state index contributed by atoms with van der Waals surface area (Å²) in [6.07, 6.45) is 2.82. The number of carbonyl (C=O) groups excluding carboxylic acids is 1. The van der Waals surface area contributed by atoms with Crippen LogP contribution in [0.5, 0.6) is 0 Å². The molecule has 6 heteroatoms. The number of nitrogens with zero attached hydrogens (tertiary/aromatic N) is 2. The predicted molar refractivity (Wildman–Crippen MR) is 88.5 cm³/mol. The highest BCUT2D eigenvalue weighted by molar-refractivity contribution is 5.99. The largest absolute Gasteiger partial charge is 0.459 e. The molecule has 1 aromatic carbocycles. The standard InChI is InChI=1S/C18H19N3O3/c1-13-4-6-14(7-5-13)16-19-18(24-20-16)8-10-21(11-9-18)17(22)15-3-2-12-23-15/h2-7,12H,8-11H2,1H3,(H,19,20). The van der Waals surface area contributed by atoms with Gasteiger partial charge in [-0.25, -0.2) is 15.3 Å². The van der Waals surface area contributed by atoms with Crippen LogP contribution in [0.1, 0.15) is 34.5 Å². The van der Waals surface area contributed by atoms with Crippen LogP contribution in [0, 0.1) is 6.92 Å². The molecule has 0 unspecified atom stereocenters. The molecule has 4 rings (SSSR count). The van der Waals surface area contributed by atoms with Crippen LogP contribution in [0.2, 0.25) is 0 Å². The van der Waals surface area contributed by atoms with Crippen LogP contribution in [0.15, 0.2) is 52.1 Å². The number of aryl methyl sites for hydroxylation is 1. The lowest BCUT2D eigenvalue weighted by Crippen LogP contribution is -2.46. The molecule has 1 amide bonds. The molecule has 6 nitrogen and oxygen atoms in total. The van der Waals surface area contributed by atoms with E-state index in [1.54, 1.807) is 17.0 Å². The molecule has 0 bridgehead atoms. The summed E-state index contributed by atoms with van der Waals surface area (Å²) in [4.78, 5) is 24.6. The van der Waals surface area contributed by atoms with Crippen molar-refractivity contribution in [3.63, 3.8) is 0 Å². The second-order valence-electron chi connectivity index (χ2n) is 6.25. The molecule has 1 aromatic heterocycles. The molecular weight excluding hydrogens is 306 g/mol. The van der Waals surface area contributed by atoms with Gasteiger partial charge < -0.3 is 9.32 Å². The first-order valence-electron chi connectivity index (χ1n) is 8.09. The Kier molecular flexibility index (Phi) is 3.61. The van der Waals surface area contributed by atoms with Crippen LogP contribution in [0.3, 0.4) is 0 Å². The zero-order valence-corrected chi connectivity index (χ0v) is 13.5. The SMILES string of the molecule is Cc1ccc(C2=NC3(CCN(C(=O)c4ccco4)CC3)ON2)cc1. The van der Waals surface area contributed by atoms with Gasteiger partial charge in [-0.2, -0.15) is 0 Å². The van der Waals surface area contributed by atoms with Crippen molar-refractivity contribution >= 4 is 11.7 Å². The number of benzene rings is 1. The van der Waals surface area contributed by atoms with Crippen molar-refractivity contribution in [2.45, 2.75) is 25.5 Å². The van der Waals surface area contributed by atoms with Gasteiger partial charge in [0.05, 0.1) is 6.26 Å². The summed E-state index contributed by atoms with van der Waals surface area (Å²) in [6.45, 7) is 3.23. The normalized spacial score (nSPS) is 19.2. The molecule has 0 atom stereocenters. The van der Waals surface area contributed by atoms with E-state index in [0.717, 1.165) is 11.4 Å². The molecule has 0 aliphatic carbocycles.